The smallest absolute Gasteiger partial charge is 0.292 e. The minimum absolute atomic E-state index is 0.195. The number of amides is 2. The van der Waals surface area contributed by atoms with Gasteiger partial charge in [0.2, 0.25) is 12.3 Å². The Bertz CT molecular complexity index is 748. The number of nitrogens with one attached hydrogen (secondary N) is 2. The minimum atomic E-state index is -0.451. The molecule has 11 nitrogen and oxygen atoms in total. The van der Waals surface area contributed by atoms with E-state index in [9.17, 15) is 9.59 Å². The molecular weight excluding hydrogens is 552 g/mol. The maximum atomic E-state index is 11.1. The van der Waals surface area contributed by atoms with E-state index in [-0.39, 0.29) is 30.6 Å². The van der Waals surface area contributed by atoms with E-state index in [0.29, 0.717) is 19.1 Å². The van der Waals surface area contributed by atoms with Gasteiger partial charge in [-0.05, 0) is 44.2 Å². The Kier molecular flexibility index (Phi) is 40.1. The summed E-state index contributed by atoms with van der Waals surface area (Å²) in [4.78, 5) is 46.4. The third-order valence-corrected chi connectivity index (χ3v) is 6.47. The highest BCUT2D eigenvalue weighted by molar-refractivity contribution is 5.80. The van der Waals surface area contributed by atoms with Crippen LogP contribution in [0.25, 0.3) is 0 Å². The lowest BCUT2D eigenvalue weighted by Crippen LogP contribution is -2.28. The van der Waals surface area contributed by atoms with Crippen molar-refractivity contribution >= 4 is 31.9 Å². The Labute approximate surface area is 259 Å². The Balaban J connectivity index is -0.000000218. The molecule has 3 rings (SSSR count). The molecule has 250 valence electrons. The van der Waals surface area contributed by atoms with Crippen molar-refractivity contribution < 1.29 is 33.8 Å². The molecule has 1 heterocycles. The van der Waals surface area contributed by atoms with Crippen molar-refractivity contribution in [2.75, 3.05) is 20.7 Å². The van der Waals surface area contributed by atoms with Crippen molar-refractivity contribution in [3.8, 4) is 0 Å². The maximum absolute atomic E-state index is 11.1. The van der Waals surface area contributed by atoms with E-state index in [0.717, 1.165) is 31.6 Å². The number of carbonyl (C=O) groups excluding carboxylic acids is 5. The monoisotopic (exact) mass is 612 g/mol. The first-order valence-electron chi connectivity index (χ1n) is 14.8. The molecule has 3 unspecified atom stereocenters. The molecule has 7 N–H and O–H groups in total. The third kappa shape index (κ3) is 35.0. The van der Waals surface area contributed by atoms with Crippen molar-refractivity contribution in [2.45, 2.75) is 97.8 Å². The minimum Gasteiger partial charge on any atom is -0.471 e. The lowest BCUT2D eigenvalue weighted by molar-refractivity contribution is -0.126. The second-order valence-corrected chi connectivity index (χ2v) is 10.3. The van der Waals surface area contributed by atoms with Gasteiger partial charge in [-0.25, -0.2) is 0 Å². The number of aliphatic hydroxyl groups is 1. The zero-order chi connectivity index (χ0) is 33.9. The van der Waals surface area contributed by atoms with Gasteiger partial charge in [0.1, 0.15) is 13.1 Å². The van der Waals surface area contributed by atoms with Crippen LogP contribution >= 0.6 is 0 Å². The van der Waals surface area contributed by atoms with Crippen molar-refractivity contribution in [3.63, 3.8) is 0 Å². The number of benzene rings is 1. The largest absolute Gasteiger partial charge is 0.471 e. The van der Waals surface area contributed by atoms with Gasteiger partial charge in [-0.15, -0.1) is 0 Å². The van der Waals surface area contributed by atoms with Gasteiger partial charge in [0, 0.05) is 31.5 Å². The molecule has 1 aliphatic heterocycles. The van der Waals surface area contributed by atoms with Gasteiger partial charge in [-0.1, -0.05) is 83.2 Å². The molecule has 1 aromatic rings. The predicted octanol–water partition coefficient (Wildman–Crippen LogP) is 3.15. The Morgan fingerprint density at radius 2 is 1.58 bits per heavy atom. The number of nitrogens with two attached hydrogens (primary N) is 2. The first-order valence-corrected chi connectivity index (χ1v) is 14.8. The summed E-state index contributed by atoms with van der Waals surface area (Å²) < 4.78 is 3.86. The fourth-order valence-corrected chi connectivity index (χ4v) is 3.71. The molecule has 2 amide bonds. The van der Waals surface area contributed by atoms with Crippen molar-refractivity contribution in [1.82, 2.24) is 10.6 Å². The van der Waals surface area contributed by atoms with Crippen molar-refractivity contribution in [1.29, 1.82) is 0 Å². The molecule has 3 atom stereocenters. The van der Waals surface area contributed by atoms with Crippen LogP contribution in [0.3, 0.4) is 0 Å². The van der Waals surface area contributed by atoms with E-state index in [1.165, 1.54) is 44.8 Å². The summed E-state index contributed by atoms with van der Waals surface area (Å²) in [6.45, 7) is 12.1. The number of primary amides is 1. The zero-order valence-corrected chi connectivity index (χ0v) is 27.3. The number of rotatable bonds is 8. The second-order valence-electron chi connectivity index (χ2n) is 10.3. The van der Waals surface area contributed by atoms with Gasteiger partial charge in [-0.3, -0.25) is 14.4 Å². The summed E-state index contributed by atoms with van der Waals surface area (Å²) in [7, 11) is 3.24. The fourth-order valence-electron chi connectivity index (χ4n) is 3.71. The van der Waals surface area contributed by atoms with Crippen molar-refractivity contribution in [2.24, 2.45) is 29.2 Å². The number of carbonyl (C=O) groups is 5. The predicted molar refractivity (Wildman–Crippen MR) is 173 cm³/mol. The molecule has 11 heteroatoms. The van der Waals surface area contributed by atoms with Crippen LogP contribution in [0.2, 0.25) is 0 Å². The van der Waals surface area contributed by atoms with Crippen LogP contribution in [-0.4, -0.2) is 69.8 Å². The topological polar surface area (TPSA) is 191 Å². The van der Waals surface area contributed by atoms with Crippen LogP contribution in [0.15, 0.2) is 30.3 Å². The van der Waals surface area contributed by atoms with Gasteiger partial charge in [0.15, 0.2) is 0 Å². The van der Waals surface area contributed by atoms with E-state index < -0.39 is 6.10 Å². The molecule has 1 aliphatic carbocycles. The number of aliphatic hydroxyl groups excluding tert-OH is 1. The average Bonchev–Trinajstić information content (AvgIpc) is 3.44. The summed E-state index contributed by atoms with van der Waals surface area (Å²) in [5.74, 6) is 1.71. The second kappa shape index (κ2) is 36.9. The van der Waals surface area contributed by atoms with Crippen LogP contribution in [0.1, 0.15) is 84.6 Å². The van der Waals surface area contributed by atoms with Gasteiger partial charge in [-0.2, -0.15) is 0 Å². The van der Waals surface area contributed by atoms with E-state index in [1.807, 2.05) is 58.0 Å². The number of aldehydes is 1. The van der Waals surface area contributed by atoms with Crippen LogP contribution < -0.4 is 22.1 Å². The summed E-state index contributed by atoms with van der Waals surface area (Å²) in [5, 5.41) is 14.9. The molecule has 2 fully saturated rings. The summed E-state index contributed by atoms with van der Waals surface area (Å²) in [6.07, 6.45) is 10.2. The Hall–Kier alpha value is -3.15. The summed E-state index contributed by atoms with van der Waals surface area (Å²) >= 11 is 0. The average molecular weight is 613 g/mol. The Morgan fingerprint density at radius 1 is 1.07 bits per heavy atom. The maximum Gasteiger partial charge on any atom is 0.292 e. The molecule has 43 heavy (non-hydrogen) atoms. The number of methoxy groups -OCH3 is 1. The highest BCUT2D eigenvalue weighted by atomic mass is 16.5. The number of hydrogen-bond acceptors (Lipinski definition) is 9. The highest BCUT2D eigenvalue weighted by Gasteiger charge is 2.24. The van der Waals surface area contributed by atoms with Crippen LogP contribution in [0.4, 0.5) is 0 Å². The standard InChI is InChI=1S/C8H16N2O.C7H9N.C7H14.C6H12O2.C2H4O2.CH3NO.CH2O/c1-6(9-2)5-7-3-4-10-8(7)11;8-6-7-4-2-1-3-5-7;1-7-5-3-2-4-6-7;1-5(2)6(8)3-4-7;1-4-2-3;2-1-3;1-2/h6-7,9H,3-5H2,1-2H3,(H,10,11);1-5H,6,8H2;7H,2-6H2,1H3;4-6,8H,3H2,1-2H3;2H,1H3;1H,(H2,2,3);1H2. The van der Waals surface area contributed by atoms with E-state index >= 15 is 0 Å². The van der Waals surface area contributed by atoms with Gasteiger partial charge < -0.3 is 41.5 Å². The molecular formula is C32H60N4O7. The van der Waals surface area contributed by atoms with Crippen LogP contribution in [0, 0.1) is 17.8 Å². The summed E-state index contributed by atoms with van der Waals surface area (Å²) in [6, 6.07) is 10.4. The van der Waals surface area contributed by atoms with Gasteiger partial charge in [0.05, 0.1) is 13.2 Å². The first kappa shape index (κ1) is 46.8. The van der Waals surface area contributed by atoms with E-state index in [2.05, 4.69) is 35.0 Å². The third-order valence-electron chi connectivity index (χ3n) is 6.47. The van der Waals surface area contributed by atoms with Gasteiger partial charge in [0.25, 0.3) is 6.47 Å². The summed E-state index contributed by atoms with van der Waals surface area (Å²) in [5.41, 5.74) is 10.7. The van der Waals surface area contributed by atoms with Crippen LogP contribution in [0.5, 0.6) is 0 Å². The molecule has 1 aromatic carbocycles. The van der Waals surface area contributed by atoms with E-state index in [4.69, 9.17) is 25.2 Å². The van der Waals surface area contributed by atoms with E-state index in [1.54, 1.807) is 0 Å². The molecule has 0 aromatic heterocycles. The molecule has 1 saturated heterocycles. The highest BCUT2D eigenvalue weighted by Crippen LogP contribution is 2.22. The zero-order valence-electron chi connectivity index (χ0n) is 27.3. The first-order chi connectivity index (χ1) is 20.6. The molecule has 0 bridgehead atoms. The molecule has 0 radical (unpaired) electrons. The Morgan fingerprint density at radius 3 is 1.84 bits per heavy atom. The SMILES string of the molecule is C=O.CC(C)C(O)CC=O.CC1CCCCC1.CNC(C)CC1CCNC1=O.COC=O.NC=O.NCc1ccccc1. The number of ether oxygens (including phenoxy) is 1. The normalized spacial score (nSPS) is 16.1. The lowest BCUT2D eigenvalue weighted by Gasteiger charge is -2.15. The quantitative estimate of drug-likeness (QED) is 0.274. The van der Waals surface area contributed by atoms with Crippen LogP contribution in [-0.2, 0) is 35.3 Å². The number of hydrogen-bond donors (Lipinski definition) is 5. The lowest BCUT2D eigenvalue weighted by atomic mass is 9.91. The molecule has 1 saturated carbocycles. The molecule has 2 aliphatic rings. The fraction of sp³-hybridized carbons (Fsp3) is 0.656. The van der Waals surface area contributed by atoms with Gasteiger partial charge >= 0.3 is 0 Å². The van der Waals surface area contributed by atoms with Crippen molar-refractivity contribution in [3.05, 3.63) is 35.9 Å². The molecule has 0 spiro atoms.